The van der Waals surface area contributed by atoms with Crippen molar-refractivity contribution in [2.45, 2.75) is 32.8 Å². The van der Waals surface area contributed by atoms with E-state index in [2.05, 4.69) is 10.6 Å². The molecule has 0 radical (unpaired) electrons. The lowest BCUT2D eigenvalue weighted by molar-refractivity contribution is -0.122. The Morgan fingerprint density at radius 1 is 1.12 bits per heavy atom. The summed E-state index contributed by atoms with van der Waals surface area (Å²) in [6.45, 7) is 4.22. The fourth-order valence-corrected chi connectivity index (χ4v) is 2.27. The summed E-state index contributed by atoms with van der Waals surface area (Å²) in [5, 5.41) is 5.55. The monoisotopic (exact) mass is 358 g/mol. The molecule has 138 valence electrons. The molecule has 26 heavy (non-hydrogen) atoms. The Labute approximate surface area is 152 Å². The van der Waals surface area contributed by atoms with Crippen molar-refractivity contribution >= 4 is 17.5 Å². The smallest absolute Gasteiger partial charge is 0.265 e. The van der Waals surface area contributed by atoms with E-state index in [-0.39, 0.29) is 11.7 Å². The van der Waals surface area contributed by atoms with E-state index in [0.29, 0.717) is 23.5 Å². The molecule has 2 amide bonds. The summed E-state index contributed by atoms with van der Waals surface area (Å²) < 4.78 is 18.4. The van der Waals surface area contributed by atoms with E-state index in [1.54, 1.807) is 31.2 Å². The maximum Gasteiger partial charge on any atom is 0.265 e. The quantitative estimate of drug-likeness (QED) is 0.706. The summed E-state index contributed by atoms with van der Waals surface area (Å²) in [5.41, 5.74) is 0.812. The number of hydrogen-bond donors (Lipinski definition) is 2. The van der Waals surface area contributed by atoms with E-state index in [0.717, 1.165) is 12.8 Å². The molecule has 0 heterocycles. The first-order valence-electron chi connectivity index (χ1n) is 8.61. The first kappa shape index (κ1) is 19.4. The molecule has 0 saturated carbocycles. The number of carbonyl (C=O) groups excluding carboxylic acids is 2. The highest BCUT2D eigenvalue weighted by Crippen LogP contribution is 2.17. The van der Waals surface area contributed by atoms with Gasteiger partial charge in [-0.25, -0.2) is 4.39 Å². The topological polar surface area (TPSA) is 67.4 Å². The summed E-state index contributed by atoms with van der Waals surface area (Å²) in [6, 6.07) is 12.2. The second-order valence-corrected chi connectivity index (χ2v) is 5.86. The van der Waals surface area contributed by atoms with Gasteiger partial charge in [0.15, 0.2) is 6.10 Å². The molecule has 2 aromatic carbocycles. The SMILES string of the molecule is CCCCNC(=O)c1ccccc1NC(=O)[C@@H](C)Oc1ccc(F)cc1. The summed E-state index contributed by atoms with van der Waals surface area (Å²) >= 11 is 0. The third kappa shape index (κ3) is 5.58. The van der Waals surface area contributed by atoms with Crippen LogP contribution < -0.4 is 15.4 Å². The fourth-order valence-electron chi connectivity index (χ4n) is 2.27. The Morgan fingerprint density at radius 2 is 1.81 bits per heavy atom. The normalized spacial score (nSPS) is 11.5. The lowest BCUT2D eigenvalue weighted by Gasteiger charge is -2.16. The second-order valence-electron chi connectivity index (χ2n) is 5.86. The van der Waals surface area contributed by atoms with Crippen molar-refractivity contribution in [1.29, 1.82) is 0 Å². The molecule has 0 bridgehead atoms. The van der Waals surface area contributed by atoms with Crippen LogP contribution in [-0.2, 0) is 4.79 Å². The average molecular weight is 358 g/mol. The standard InChI is InChI=1S/C20H23FN2O3/c1-3-4-13-22-20(25)17-7-5-6-8-18(17)23-19(24)14(2)26-16-11-9-15(21)10-12-16/h5-12,14H,3-4,13H2,1-2H3,(H,22,25)(H,23,24)/t14-/m1/s1. The van der Waals surface area contributed by atoms with Crippen molar-refractivity contribution in [3.63, 3.8) is 0 Å². The summed E-state index contributed by atoms with van der Waals surface area (Å²) in [4.78, 5) is 24.7. The van der Waals surface area contributed by atoms with Crippen LogP contribution in [0.4, 0.5) is 10.1 Å². The second kappa shape index (κ2) is 9.56. The molecule has 6 heteroatoms. The molecule has 1 atom stereocenters. The first-order chi connectivity index (χ1) is 12.5. The van der Waals surface area contributed by atoms with Gasteiger partial charge in [-0.1, -0.05) is 25.5 Å². The van der Waals surface area contributed by atoms with Gasteiger partial charge < -0.3 is 15.4 Å². The third-order valence-electron chi connectivity index (χ3n) is 3.74. The number of nitrogens with one attached hydrogen (secondary N) is 2. The molecule has 0 unspecified atom stereocenters. The molecule has 0 aliphatic carbocycles. The molecular formula is C20H23FN2O3. The molecular weight excluding hydrogens is 335 g/mol. The fraction of sp³-hybridized carbons (Fsp3) is 0.300. The molecule has 0 aromatic heterocycles. The number of hydrogen-bond acceptors (Lipinski definition) is 3. The van der Waals surface area contributed by atoms with Gasteiger partial charge in [0, 0.05) is 6.54 Å². The van der Waals surface area contributed by atoms with Crippen molar-refractivity contribution in [2.75, 3.05) is 11.9 Å². The van der Waals surface area contributed by atoms with Gasteiger partial charge in [-0.15, -0.1) is 0 Å². The number of carbonyl (C=O) groups is 2. The van der Waals surface area contributed by atoms with Crippen LogP contribution in [0.15, 0.2) is 48.5 Å². The number of para-hydroxylation sites is 1. The number of unbranched alkanes of at least 4 members (excludes halogenated alkanes) is 1. The number of rotatable bonds is 8. The van der Waals surface area contributed by atoms with Crippen LogP contribution in [0.5, 0.6) is 5.75 Å². The van der Waals surface area contributed by atoms with Gasteiger partial charge in [0.25, 0.3) is 11.8 Å². The lowest BCUT2D eigenvalue weighted by Crippen LogP contribution is -2.32. The van der Waals surface area contributed by atoms with Crippen molar-refractivity contribution in [3.05, 3.63) is 59.9 Å². The van der Waals surface area contributed by atoms with Gasteiger partial charge in [0.05, 0.1) is 11.3 Å². The molecule has 0 spiro atoms. The van der Waals surface area contributed by atoms with Crippen molar-refractivity contribution in [3.8, 4) is 5.75 Å². The maximum atomic E-state index is 12.9. The minimum atomic E-state index is -0.809. The number of anilines is 1. The Balaban J connectivity index is 2.01. The van der Waals surface area contributed by atoms with Crippen LogP contribution in [0.25, 0.3) is 0 Å². The first-order valence-corrected chi connectivity index (χ1v) is 8.61. The number of halogens is 1. The largest absolute Gasteiger partial charge is 0.481 e. The van der Waals surface area contributed by atoms with E-state index in [1.807, 2.05) is 6.92 Å². The predicted molar refractivity (Wildman–Crippen MR) is 98.8 cm³/mol. The minimum absolute atomic E-state index is 0.235. The molecule has 2 rings (SSSR count). The number of ether oxygens (including phenoxy) is 1. The molecule has 0 saturated heterocycles. The van der Waals surface area contributed by atoms with Gasteiger partial charge in [-0.2, -0.15) is 0 Å². The Morgan fingerprint density at radius 3 is 2.50 bits per heavy atom. The minimum Gasteiger partial charge on any atom is -0.481 e. The van der Waals surface area contributed by atoms with Gasteiger partial charge in [-0.3, -0.25) is 9.59 Å². The highest BCUT2D eigenvalue weighted by molar-refractivity contribution is 6.04. The van der Waals surface area contributed by atoms with Gasteiger partial charge in [0.2, 0.25) is 0 Å². The van der Waals surface area contributed by atoms with Crippen molar-refractivity contribution in [1.82, 2.24) is 5.32 Å². The summed E-state index contributed by atoms with van der Waals surface area (Å²) in [7, 11) is 0. The Hall–Kier alpha value is -2.89. The predicted octanol–water partition coefficient (Wildman–Crippen LogP) is 3.76. The maximum absolute atomic E-state index is 12.9. The van der Waals surface area contributed by atoms with Crippen LogP contribution in [-0.4, -0.2) is 24.5 Å². The van der Waals surface area contributed by atoms with Crippen LogP contribution >= 0.6 is 0 Å². The van der Waals surface area contributed by atoms with E-state index in [1.165, 1.54) is 24.3 Å². The Kier molecular flexibility index (Phi) is 7.14. The molecule has 0 fully saturated rings. The van der Waals surface area contributed by atoms with Crippen LogP contribution in [0.2, 0.25) is 0 Å². The Bertz CT molecular complexity index is 747. The molecule has 0 aliphatic rings. The third-order valence-corrected chi connectivity index (χ3v) is 3.74. The molecule has 0 aliphatic heterocycles. The number of amides is 2. The molecule has 2 N–H and O–H groups in total. The lowest BCUT2D eigenvalue weighted by atomic mass is 10.1. The average Bonchev–Trinajstić information content (AvgIpc) is 2.64. The zero-order valence-corrected chi connectivity index (χ0v) is 14.9. The van der Waals surface area contributed by atoms with Gasteiger partial charge in [0.1, 0.15) is 11.6 Å². The van der Waals surface area contributed by atoms with Gasteiger partial charge in [-0.05, 0) is 49.7 Å². The van der Waals surface area contributed by atoms with E-state index < -0.39 is 12.0 Å². The highest BCUT2D eigenvalue weighted by Gasteiger charge is 2.18. The molecule has 5 nitrogen and oxygen atoms in total. The van der Waals surface area contributed by atoms with Crippen LogP contribution in [0.1, 0.15) is 37.0 Å². The van der Waals surface area contributed by atoms with E-state index in [4.69, 9.17) is 4.74 Å². The van der Waals surface area contributed by atoms with Crippen molar-refractivity contribution < 1.29 is 18.7 Å². The number of benzene rings is 2. The van der Waals surface area contributed by atoms with E-state index >= 15 is 0 Å². The van der Waals surface area contributed by atoms with Crippen LogP contribution in [0.3, 0.4) is 0 Å². The van der Waals surface area contributed by atoms with Gasteiger partial charge >= 0.3 is 0 Å². The molecule has 2 aromatic rings. The zero-order valence-electron chi connectivity index (χ0n) is 14.9. The van der Waals surface area contributed by atoms with E-state index in [9.17, 15) is 14.0 Å². The zero-order chi connectivity index (χ0) is 18.9. The van der Waals surface area contributed by atoms with Crippen molar-refractivity contribution in [2.24, 2.45) is 0 Å². The highest BCUT2D eigenvalue weighted by atomic mass is 19.1. The summed E-state index contributed by atoms with van der Waals surface area (Å²) in [6.07, 6.45) is 1.07. The van der Waals surface area contributed by atoms with Crippen LogP contribution in [0, 0.1) is 5.82 Å². The summed E-state index contributed by atoms with van der Waals surface area (Å²) in [5.74, 6) is -0.623.